The zero-order valence-corrected chi connectivity index (χ0v) is 14.5. The van der Waals surface area contributed by atoms with Crippen LogP contribution in [-0.2, 0) is 0 Å². The van der Waals surface area contributed by atoms with E-state index in [1.54, 1.807) is 7.11 Å². The molecule has 2 atom stereocenters. The molecule has 1 aliphatic rings. The number of carbonyl (C=O) groups excluding carboxylic acids is 1. The summed E-state index contributed by atoms with van der Waals surface area (Å²) in [5, 5.41) is 0. The molecule has 1 heterocycles. The Bertz CT molecular complexity index is 702. The van der Waals surface area contributed by atoms with Gasteiger partial charge in [-0.15, -0.1) is 0 Å². The Morgan fingerprint density at radius 3 is 2.12 bits per heavy atom. The van der Waals surface area contributed by atoms with Gasteiger partial charge in [0.15, 0.2) is 0 Å². The van der Waals surface area contributed by atoms with Crippen molar-refractivity contribution >= 4 is 6.03 Å². The minimum absolute atomic E-state index is 0.0124. The van der Waals surface area contributed by atoms with Crippen molar-refractivity contribution in [3.05, 3.63) is 65.7 Å². The number of ether oxygens (including phenoxy) is 1. The van der Waals surface area contributed by atoms with Crippen LogP contribution in [-0.4, -0.2) is 36.0 Å². The minimum Gasteiger partial charge on any atom is -0.496 e. The lowest BCUT2D eigenvalue weighted by Crippen LogP contribution is -2.35. The van der Waals surface area contributed by atoms with E-state index >= 15 is 0 Å². The quantitative estimate of drug-likeness (QED) is 0.823. The number of hydrogen-bond acceptors (Lipinski definition) is 2. The first kappa shape index (κ1) is 16.4. The summed E-state index contributed by atoms with van der Waals surface area (Å²) >= 11 is 0. The second-order valence-corrected chi connectivity index (χ2v) is 6.17. The molecule has 0 saturated carbocycles. The van der Waals surface area contributed by atoms with E-state index in [1.165, 1.54) is 0 Å². The molecule has 1 fully saturated rings. The van der Waals surface area contributed by atoms with Crippen LogP contribution in [0.3, 0.4) is 0 Å². The molecule has 3 rings (SSSR count). The van der Waals surface area contributed by atoms with E-state index in [1.807, 2.05) is 52.3 Å². The molecule has 0 bridgehead atoms. The Morgan fingerprint density at radius 1 is 0.875 bits per heavy atom. The first-order chi connectivity index (χ1) is 11.6. The molecule has 4 nitrogen and oxygen atoms in total. The van der Waals surface area contributed by atoms with Crippen molar-refractivity contribution in [3.8, 4) is 5.75 Å². The highest BCUT2D eigenvalue weighted by Gasteiger charge is 2.36. The third kappa shape index (κ3) is 2.96. The summed E-state index contributed by atoms with van der Waals surface area (Å²) in [6.07, 6.45) is 0. The number of amides is 2. The molecular weight excluding hydrogens is 300 g/mol. The highest BCUT2D eigenvalue weighted by Crippen LogP contribution is 2.33. The molecule has 1 unspecified atom stereocenters. The predicted molar refractivity (Wildman–Crippen MR) is 95.1 cm³/mol. The fourth-order valence-corrected chi connectivity index (χ4v) is 3.38. The number of nitrogens with zero attached hydrogens (tertiary/aromatic N) is 2. The smallest absolute Gasteiger partial charge is 0.321 e. The molecule has 1 aliphatic heterocycles. The molecule has 24 heavy (non-hydrogen) atoms. The van der Waals surface area contributed by atoms with Gasteiger partial charge in [-0.2, -0.15) is 0 Å². The van der Waals surface area contributed by atoms with Gasteiger partial charge < -0.3 is 14.5 Å². The number of para-hydroxylation sites is 1. The van der Waals surface area contributed by atoms with Crippen LogP contribution < -0.4 is 4.74 Å². The summed E-state index contributed by atoms with van der Waals surface area (Å²) in [5.41, 5.74) is 2.21. The highest BCUT2D eigenvalue weighted by atomic mass is 16.5. The summed E-state index contributed by atoms with van der Waals surface area (Å²) < 4.78 is 5.45. The lowest BCUT2D eigenvalue weighted by atomic mass is 10.1. The molecule has 0 aliphatic carbocycles. The van der Waals surface area contributed by atoms with Crippen LogP contribution in [0.1, 0.15) is 37.1 Å². The van der Waals surface area contributed by atoms with E-state index < -0.39 is 0 Å². The number of hydrogen-bond donors (Lipinski definition) is 0. The summed E-state index contributed by atoms with van der Waals surface area (Å²) in [6, 6.07) is 18.2. The second kappa shape index (κ2) is 6.95. The third-order valence-corrected chi connectivity index (χ3v) is 4.88. The summed E-state index contributed by atoms with van der Waals surface area (Å²) in [7, 11) is 1.67. The number of rotatable bonds is 5. The van der Waals surface area contributed by atoms with Crippen molar-refractivity contribution in [2.45, 2.75) is 25.9 Å². The van der Waals surface area contributed by atoms with Crippen molar-refractivity contribution < 1.29 is 9.53 Å². The van der Waals surface area contributed by atoms with E-state index in [4.69, 9.17) is 4.74 Å². The van der Waals surface area contributed by atoms with Crippen LogP contribution >= 0.6 is 0 Å². The second-order valence-electron chi connectivity index (χ2n) is 6.17. The summed E-state index contributed by atoms with van der Waals surface area (Å²) in [4.78, 5) is 16.8. The Balaban J connectivity index is 1.79. The van der Waals surface area contributed by atoms with Gasteiger partial charge in [-0.05, 0) is 25.5 Å². The number of carbonyl (C=O) groups is 1. The van der Waals surface area contributed by atoms with Crippen LogP contribution in [0.2, 0.25) is 0 Å². The topological polar surface area (TPSA) is 32.8 Å². The van der Waals surface area contributed by atoms with Crippen molar-refractivity contribution in [1.82, 2.24) is 9.80 Å². The van der Waals surface area contributed by atoms with Gasteiger partial charge in [-0.3, -0.25) is 0 Å². The van der Waals surface area contributed by atoms with Crippen molar-refractivity contribution in [3.63, 3.8) is 0 Å². The van der Waals surface area contributed by atoms with E-state index in [2.05, 4.69) is 26.0 Å². The lowest BCUT2D eigenvalue weighted by molar-refractivity contribution is 0.169. The van der Waals surface area contributed by atoms with Crippen LogP contribution in [0.5, 0.6) is 5.75 Å². The van der Waals surface area contributed by atoms with Gasteiger partial charge in [0.2, 0.25) is 0 Å². The largest absolute Gasteiger partial charge is 0.496 e. The lowest BCUT2D eigenvalue weighted by Gasteiger charge is -2.28. The fourth-order valence-electron chi connectivity index (χ4n) is 3.38. The molecule has 126 valence electrons. The SMILES string of the molecule is COc1ccccc1C(C)N1CCN([C@@H](C)c2ccccc2)C1=O. The van der Waals surface area contributed by atoms with Crippen molar-refractivity contribution in [1.29, 1.82) is 0 Å². The van der Waals surface area contributed by atoms with Crippen molar-refractivity contribution in [2.24, 2.45) is 0 Å². The minimum atomic E-state index is -0.0124. The normalized spacial score (nSPS) is 17.0. The molecule has 2 aromatic rings. The number of urea groups is 1. The Hall–Kier alpha value is -2.49. The molecule has 4 heteroatoms. The molecule has 2 aromatic carbocycles. The maximum atomic E-state index is 12.9. The molecule has 0 spiro atoms. The Morgan fingerprint density at radius 2 is 1.46 bits per heavy atom. The first-order valence-corrected chi connectivity index (χ1v) is 8.38. The molecule has 0 radical (unpaired) electrons. The summed E-state index contributed by atoms with van der Waals surface area (Å²) in [5.74, 6) is 0.826. The maximum absolute atomic E-state index is 12.9. The third-order valence-electron chi connectivity index (χ3n) is 4.88. The zero-order chi connectivity index (χ0) is 17.1. The maximum Gasteiger partial charge on any atom is 0.321 e. The highest BCUT2D eigenvalue weighted by molar-refractivity contribution is 5.77. The van der Waals surface area contributed by atoms with E-state index in [0.717, 1.165) is 30.0 Å². The molecule has 0 aromatic heterocycles. The van der Waals surface area contributed by atoms with E-state index in [9.17, 15) is 4.79 Å². The zero-order valence-electron chi connectivity index (χ0n) is 14.5. The first-order valence-electron chi connectivity index (χ1n) is 8.38. The van der Waals surface area contributed by atoms with Crippen LogP contribution in [0, 0.1) is 0 Å². The van der Waals surface area contributed by atoms with E-state index in [-0.39, 0.29) is 18.1 Å². The fraction of sp³-hybridized carbons (Fsp3) is 0.350. The van der Waals surface area contributed by atoms with Gasteiger partial charge in [0.05, 0.1) is 19.2 Å². The van der Waals surface area contributed by atoms with Crippen LogP contribution in [0.15, 0.2) is 54.6 Å². The standard InChI is InChI=1S/C20H24N2O2/c1-15(17-9-5-4-6-10-17)21-13-14-22(20(21)23)16(2)18-11-7-8-12-19(18)24-3/h4-12,15-16H,13-14H2,1-3H3/t15-,16?/m0/s1. The average molecular weight is 324 g/mol. The van der Waals surface area contributed by atoms with Gasteiger partial charge in [0.25, 0.3) is 0 Å². The van der Waals surface area contributed by atoms with Gasteiger partial charge in [-0.25, -0.2) is 4.79 Å². The molecule has 0 N–H and O–H groups in total. The number of benzene rings is 2. The number of methoxy groups -OCH3 is 1. The average Bonchev–Trinajstić information content (AvgIpc) is 3.02. The molecular formula is C20H24N2O2. The summed E-state index contributed by atoms with van der Waals surface area (Å²) in [6.45, 7) is 5.63. The van der Waals surface area contributed by atoms with Gasteiger partial charge in [0, 0.05) is 18.7 Å². The van der Waals surface area contributed by atoms with E-state index in [0.29, 0.717) is 0 Å². The van der Waals surface area contributed by atoms with Gasteiger partial charge >= 0.3 is 6.03 Å². The van der Waals surface area contributed by atoms with Crippen LogP contribution in [0.4, 0.5) is 4.79 Å². The molecule has 2 amide bonds. The van der Waals surface area contributed by atoms with Gasteiger partial charge in [-0.1, -0.05) is 48.5 Å². The van der Waals surface area contributed by atoms with Crippen LogP contribution in [0.25, 0.3) is 0 Å². The monoisotopic (exact) mass is 324 g/mol. The Labute approximate surface area is 143 Å². The predicted octanol–water partition coefficient (Wildman–Crippen LogP) is 4.26. The Kier molecular flexibility index (Phi) is 4.74. The van der Waals surface area contributed by atoms with Crippen molar-refractivity contribution in [2.75, 3.05) is 20.2 Å². The van der Waals surface area contributed by atoms with Gasteiger partial charge in [0.1, 0.15) is 5.75 Å². The molecule has 1 saturated heterocycles.